The molecule has 0 bridgehead atoms. The van der Waals surface area contributed by atoms with Gasteiger partial charge in [-0.3, -0.25) is 14.7 Å². The zero-order chi connectivity index (χ0) is 23.4. The summed E-state index contributed by atoms with van der Waals surface area (Å²) in [6.07, 6.45) is 1.58. The number of hydrogen-bond donors (Lipinski definition) is 1. The van der Waals surface area contributed by atoms with Crippen molar-refractivity contribution in [2.75, 3.05) is 13.1 Å². The Kier molecular flexibility index (Phi) is 7.08. The van der Waals surface area contributed by atoms with Crippen molar-refractivity contribution < 1.29 is 18.0 Å². The Labute approximate surface area is 191 Å². The number of rotatable bonds is 6. The predicted molar refractivity (Wildman–Crippen MR) is 120 cm³/mol. The van der Waals surface area contributed by atoms with Crippen LogP contribution in [0.3, 0.4) is 0 Å². The number of halogens is 3. The van der Waals surface area contributed by atoms with E-state index in [1.165, 1.54) is 24.3 Å². The maximum atomic E-state index is 14.0. The second-order valence-electron chi connectivity index (χ2n) is 8.48. The van der Waals surface area contributed by atoms with Crippen LogP contribution >= 0.6 is 0 Å². The average molecular weight is 454 g/mol. The fourth-order valence-corrected chi connectivity index (χ4v) is 4.22. The molecule has 1 fully saturated rings. The number of aromatic nitrogens is 1. The number of likely N-dealkylation sites (tertiary alicyclic amines) is 1. The van der Waals surface area contributed by atoms with Crippen LogP contribution in [-0.4, -0.2) is 28.9 Å². The van der Waals surface area contributed by atoms with Gasteiger partial charge in [0.15, 0.2) is 0 Å². The van der Waals surface area contributed by atoms with E-state index in [2.05, 4.69) is 15.2 Å². The number of pyridine rings is 1. The molecule has 1 saturated heterocycles. The molecule has 7 heteroatoms. The van der Waals surface area contributed by atoms with E-state index in [9.17, 15) is 18.0 Å². The normalized spacial score (nSPS) is 14.9. The van der Waals surface area contributed by atoms with Crippen molar-refractivity contribution in [2.24, 2.45) is 0 Å². The summed E-state index contributed by atoms with van der Waals surface area (Å²) in [5.74, 6) is -1.52. The summed E-state index contributed by atoms with van der Waals surface area (Å²) in [7, 11) is 0. The quantitative estimate of drug-likeness (QED) is 0.564. The highest BCUT2D eigenvalue weighted by molar-refractivity contribution is 5.95. The second-order valence-corrected chi connectivity index (χ2v) is 8.48. The molecule has 2 heterocycles. The molecule has 1 N–H and O–H groups in total. The molecule has 0 radical (unpaired) electrons. The Morgan fingerprint density at radius 1 is 1.00 bits per heavy atom. The van der Waals surface area contributed by atoms with E-state index < -0.39 is 11.6 Å². The molecule has 33 heavy (non-hydrogen) atoms. The van der Waals surface area contributed by atoms with Gasteiger partial charge in [0.2, 0.25) is 0 Å². The van der Waals surface area contributed by atoms with E-state index in [1.807, 2.05) is 13.0 Å². The molecule has 0 aliphatic carbocycles. The van der Waals surface area contributed by atoms with Crippen LogP contribution in [0.15, 0.2) is 54.6 Å². The van der Waals surface area contributed by atoms with Crippen LogP contribution in [0.1, 0.15) is 51.6 Å². The summed E-state index contributed by atoms with van der Waals surface area (Å²) in [6, 6.07) is 13.3. The summed E-state index contributed by atoms with van der Waals surface area (Å²) in [5, 5.41) is 2.90. The van der Waals surface area contributed by atoms with Gasteiger partial charge >= 0.3 is 0 Å². The fourth-order valence-electron chi connectivity index (χ4n) is 4.22. The fraction of sp³-hybridized carbons (Fsp3) is 0.308. The smallest absolute Gasteiger partial charge is 0.253 e. The first kappa shape index (κ1) is 23.0. The van der Waals surface area contributed by atoms with Crippen LogP contribution in [-0.2, 0) is 13.1 Å². The van der Waals surface area contributed by atoms with Crippen LogP contribution in [0.25, 0.3) is 0 Å². The van der Waals surface area contributed by atoms with E-state index in [0.29, 0.717) is 24.2 Å². The number of piperidine rings is 1. The Morgan fingerprint density at radius 2 is 1.70 bits per heavy atom. The molecule has 0 unspecified atom stereocenters. The van der Waals surface area contributed by atoms with E-state index in [0.717, 1.165) is 48.9 Å². The lowest BCUT2D eigenvalue weighted by Crippen LogP contribution is -2.34. The van der Waals surface area contributed by atoms with Crippen molar-refractivity contribution in [1.29, 1.82) is 0 Å². The van der Waals surface area contributed by atoms with Gasteiger partial charge in [-0.05, 0) is 68.8 Å². The predicted octanol–water partition coefficient (Wildman–Crippen LogP) is 5.12. The maximum absolute atomic E-state index is 14.0. The van der Waals surface area contributed by atoms with Crippen LogP contribution in [0.5, 0.6) is 0 Å². The Hall–Kier alpha value is -3.19. The van der Waals surface area contributed by atoms with Gasteiger partial charge in [-0.15, -0.1) is 0 Å². The highest BCUT2D eigenvalue weighted by atomic mass is 19.1. The largest absolute Gasteiger partial charge is 0.348 e. The third-order valence-electron chi connectivity index (χ3n) is 6.06. The van der Waals surface area contributed by atoms with Crippen molar-refractivity contribution >= 4 is 5.91 Å². The Morgan fingerprint density at radius 3 is 2.39 bits per heavy atom. The number of carbonyl (C=O) groups excluding carboxylic acids is 1. The minimum absolute atomic E-state index is 0.116. The number of amides is 1. The number of benzene rings is 2. The first-order valence-electron chi connectivity index (χ1n) is 11.1. The van der Waals surface area contributed by atoms with Crippen molar-refractivity contribution in [3.05, 3.63) is 100 Å². The Bertz CT molecular complexity index is 1130. The van der Waals surface area contributed by atoms with Gasteiger partial charge in [0, 0.05) is 36.3 Å². The minimum Gasteiger partial charge on any atom is -0.348 e. The monoisotopic (exact) mass is 453 g/mol. The molecule has 0 saturated carbocycles. The van der Waals surface area contributed by atoms with E-state index >= 15 is 0 Å². The van der Waals surface area contributed by atoms with Gasteiger partial charge in [-0.25, -0.2) is 13.2 Å². The highest BCUT2D eigenvalue weighted by Gasteiger charge is 2.26. The third kappa shape index (κ3) is 5.79. The average Bonchev–Trinajstić information content (AvgIpc) is 2.81. The number of hydrogen-bond acceptors (Lipinski definition) is 3. The zero-order valence-electron chi connectivity index (χ0n) is 18.5. The van der Waals surface area contributed by atoms with Crippen molar-refractivity contribution in [3.63, 3.8) is 0 Å². The lowest BCUT2D eigenvalue weighted by atomic mass is 9.89. The molecular formula is C26H26F3N3O. The molecule has 0 spiro atoms. The minimum atomic E-state index is -0.578. The number of nitrogens with zero attached hydrogens (tertiary/aromatic N) is 2. The zero-order valence-corrected chi connectivity index (χ0v) is 18.5. The van der Waals surface area contributed by atoms with Gasteiger partial charge in [-0.2, -0.15) is 0 Å². The van der Waals surface area contributed by atoms with Crippen molar-refractivity contribution in [1.82, 2.24) is 15.2 Å². The molecule has 1 aliphatic heterocycles. The summed E-state index contributed by atoms with van der Waals surface area (Å²) >= 11 is 0. The molecule has 4 nitrogen and oxygen atoms in total. The van der Waals surface area contributed by atoms with E-state index in [-0.39, 0.29) is 17.6 Å². The molecule has 3 aromatic rings. The molecule has 0 atom stereocenters. The topological polar surface area (TPSA) is 45.2 Å². The number of nitrogens with one attached hydrogen (secondary N) is 1. The van der Waals surface area contributed by atoms with E-state index in [1.54, 1.807) is 18.2 Å². The van der Waals surface area contributed by atoms with E-state index in [4.69, 9.17) is 0 Å². The van der Waals surface area contributed by atoms with Gasteiger partial charge < -0.3 is 5.32 Å². The van der Waals surface area contributed by atoms with Gasteiger partial charge in [0.1, 0.15) is 17.5 Å². The van der Waals surface area contributed by atoms with Crippen molar-refractivity contribution in [3.8, 4) is 0 Å². The second kappa shape index (κ2) is 10.2. The maximum Gasteiger partial charge on any atom is 0.253 e. The van der Waals surface area contributed by atoms with Crippen LogP contribution in [0, 0.1) is 24.4 Å². The van der Waals surface area contributed by atoms with Crippen molar-refractivity contribution in [2.45, 2.75) is 38.8 Å². The molecule has 1 aliphatic rings. The van der Waals surface area contributed by atoms with Crippen LogP contribution in [0.2, 0.25) is 0 Å². The summed E-state index contributed by atoms with van der Waals surface area (Å²) < 4.78 is 40.3. The number of aryl methyl sites for hydroxylation is 1. The molecule has 2 aromatic carbocycles. The third-order valence-corrected chi connectivity index (χ3v) is 6.06. The molecular weight excluding hydrogens is 427 g/mol. The van der Waals surface area contributed by atoms with Gasteiger partial charge in [0.05, 0.1) is 11.3 Å². The van der Waals surface area contributed by atoms with Crippen LogP contribution in [0.4, 0.5) is 13.2 Å². The first-order chi connectivity index (χ1) is 15.9. The standard InChI is InChI=1S/C26H26F3N3O/c1-17-2-9-23(26(33)30-15-18-3-6-21(27)7-4-18)25(31-17)19-10-12-32(13-11-19)16-20-5-8-22(28)14-24(20)29/h2-9,14,19H,10-13,15-16H2,1H3,(H,30,33). The van der Waals surface area contributed by atoms with Gasteiger partial charge in [0.25, 0.3) is 5.91 Å². The summed E-state index contributed by atoms with van der Waals surface area (Å²) in [4.78, 5) is 19.7. The highest BCUT2D eigenvalue weighted by Crippen LogP contribution is 2.30. The summed E-state index contributed by atoms with van der Waals surface area (Å²) in [6.45, 7) is 4.08. The Balaban J connectivity index is 1.41. The number of carbonyl (C=O) groups is 1. The molecule has 1 aromatic heterocycles. The lowest BCUT2D eigenvalue weighted by molar-refractivity contribution is 0.0948. The SMILES string of the molecule is Cc1ccc(C(=O)NCc2ccc(F)cc2)c(C2CCN(Cc3ccc(F)cc3F)CC2)n1. The van der Waals surface area contributed by atoms with Crippen LogP contribution < -0.4 is 5.32 Å². The molecule has 1 amide bonds. The molecule has 172 valence electrons. The molecule has 4 rings (SSSR count). The summed E-state index contributed by atoms with van der Waals surface area (Å²) in [5.41, 5.74) is 3.46. The lowest BCUT2D eigenvalue weighted by Gasteiger charge is -2.32. The first-order valence-corrected chi connectivity index (χ1v) is 11.1. The van der Waals surface area contributed by atoms with Gasteiger partial charge in [-0.1, -0.05) is 18.2 Å².